The van der Waals surface area contributed by atoms with Crippen LogP contribution in [-0.4, -0.2) is 69.1 Å². The zero-order chi connectivity index (χ0) is 20.7. The number of rotatable bonds is 7. The van der Waals surface area contributed by atoms with Crippen molar-refractivity contribution in [3.8, 4) is 0 Å². The van der Waals surface area contributed by atoms with E-state index in [1.165, 1.54) is 7.05 Å². The van der Waals surface area contributed by atoms with Gasteiger partial charge in [-0.15, -0.1) is 0 Å². The lowest BCUT2D eigenvalue weighted by atomic mass is 10.2. The molecule has 10 heteroatoms. The lowest BCUT2D eigenvalue weighted by Crippen LogP contribution is -2.52. The Balaban J connectivity index is 1.63. The van der Waals surface area contributed by atoms with Crippen LogP contribution in [0.4, 0.5) is 0 Å². The van der Waals surface area contributed by atoms with Crippen LogP contribution < -0.4 is 10.0 Å². The number of benzene rings is 1. The van der Waals surface area contributed by atoms with E-state index in [-0.39, 0.29) is 4.90 Å². The van der Waals surface area contributed by atoms with Gasteiger partial charge < -0.3 is 14.7 Å². The molecule has 3 rings (SSSR count). The number of nitrogens with one attached hydrogen (secondary N) is 2. The molecule has 0 atom stereocenters. The highest BCUT2D eigenvalue weighted by Gasteiger charge is 2.20. The van der Waals surface area contributed by atoms with Crippen LogP contribution in [0.5, 0.6) is 0 Å². The zero-order valence-corrected chi connectivity index (χ0v) is 17.7. The maximum Gasteiger partial charge on any atom is 0.240 e. The molecule has 0 spiro atoms. The molecule has 1 aliphatic heterocycles. The Hall–Kier alpha value is -2.43. The molecular weight excluding hydrogens is 392 g/mol. The third-order valence-electron chi connectivity index (χ3n) is 4.77. The van der Waals surface area contributed by atoms with Crippen molar-refractivity contribution in [3.63, 3.8) is 0 Å². The molecule has 1 saturated heterocycles. The predicted molar refractivity (Wildman–Crippen MR) is 111 cm³/mol. The molecule has 1 fully saturated rings. The van der Waals surface area contributed by atoms with Gasteiger partial charge in [-0.2, -0.15) is 0 Å². The second kappa shape index (κ2) is 9.86. The standard InChI is InChI=1S/C19H28N6O3S/c1-3-21-19(22-14-16-5-4-6-18(13-16)29(26,27)20-2)25-10-8-24(9-11-25)15-17-7-12-28-23-17/h4-7,12-13,20H,3,8-11,14-15H2,1-2H3,(H,21,22). The number of sulfonamides is 1. The predicted octanol–water partition coefficient (Wildman–Crippen LogP) is 0.866. The van der Waals surface area contributed by atoms with Crippen LogP contribution in [0.15, 0.2) is 51.0 Å². The smallest absolute Gasteiger partial charge is 0.240 e. The van der Waals surface area contributed by atoms with Gasteiger partial charge in [0.2, 0.25) is 10.0 Å². The van der Waals surface area contributed by atoms with Gasteiger partial charge in [-0.1, -0.05) is 17.3 Å². The minimum atomic E-state index is -3.46. The average Bonchev–Trinajstić information content (AvgIpc) is 3.25. The summed E-state index contributed by atoms with van der Waals surface area (Å²) >= 11 is 0. The number of guanidine groups is 1. The quantitative estimate of drug-likeness (QED) is 0.506. The molecule has 0 aliphatic carbocycles. The molecule has 2 aromatic rings. The highest BCUT2D eigenvalue weighted by Crippen LogP contribution is 2.13. The number of aliphatic imine (C=N–C) groups is 1. The summed E-state index contributed by atoms with van der Waals surface area (Å²) in [7, 11) is -2.05. The second-order valence-electron chi connectivity index (χ2n) is 6.78. The van der Waals surface area contributed by atoms with E-state index in [4.69, 9.17) is 9.52 Å². The fraction of sp³-hybridized carbons (Fsp3) is 0.474. The topological polar surface area (TPSA) is 103 Å². The van der Waals surface area contributed by atoms with Crippen LogP contribution in [0.3, 0.4) is 0 Å². The van der Waals surface area contributed by atoms with Gasteiger partial charge in [0.15, 0.2) is 5.96 Å². The summed E-state index contributed by atoms with van der Waals surface area (Å²) in [6.07, 6.45) is 1.60. The zero-order valence-electron chi connectivity index (χ0n) is 16.8. The van der Waals surface area contributed by atoms with E-state index in [0.717, 1.165) is 56.5 Å². The van der Waals surface area contributed by atoms with Crippen molar-refractivity contribution in [1.29, 1.82) is 0 Å². The van der Waals surface area contributed by atoms with E-state index >= 15 is 0 Å². The molecule has 0 unspecified atom stereocenters. The first kappa shape index (κ1) is 21.3. The third-order valence-corrected chi connectivity index (χ3v) is 6.18. The minimum Gasteiger partial charge on any atom is -0.364 e. The Morgan fingerprint density at radius 2 is 2.03 bits per heavy atom. The van der Waals surface area contributed by atoms with Crippen LogP contribution in [0.25, 0.3) is 0 Å². The Bertz CT molecular complexity index is 906. The fourth-order valence-corrected chi connectivity index (χ4v) is 3.99. The van der Waals surface area contributed by atoms with E-state index < -0.39 is 10.0 Å². The summed E-state index contributed by atoms with van der Waals surface area (Å²) in [6.45, 7) is 7.54. The number of aromatic nitrogens is 1. The third kappa shape index (κ3) is 5.78. The van der Waals surface area contributed by atoms with Crippen LogP contribution >= 0.6 is 0 Å². The number of piperazine rings is 1. The Morgan fingerprint density at radius 1 is 1.24 bits per heavy atom. The monoisotopic (exact) mass is 420 g/mol. The summed E-state index contributed by atoms with van der Waals surface area (Å²) in [5.74, 6) is 0.843. The lowest BCUT2D eigenvalue weighted by molar-refractivity contribution is 0.169. The highest BCUT2D eigenvalue weighted by atomic mass is 32.2. The van der Waals surface area contributed by atoms with Crippen molar-refractivity contribution in [1.82, 2.24) is 25.0 Å². The molecule has 1 aliphatic rings. The normalized spacial score (nSPS) is 16.2. The molecule has 29 heavy (non-hydrogen) atoms. The van der Waals surface area contributed by atoms with Crippen LogP contribution in [0, 0.1) is 0 Å². The van der Waals surface area contributed by atoms with Gasteiger partial charge in [-0.05, 0) is 31.7 Å². The summed E-state index contributed by atoms with van der Waals surface area (Å²) in [5, 5.41) is 7.31. The van der Waals surface area contributed by atoms with Crippen molar-refractivity contribution in [2.24, 2.45) is 4.99 Å². The van der Waals surface area contributed by atoms with Crippen LogP contribution in [-0.2, 0) is 23.1 Å². The van der Waals surface area contributed by atoms with Gasteiger partial charge in [-0.25, -0.2) is 18.1 Å². The first-order chi connectivity index (χ1) is 14.0. The first-order valence-electron chi connectivity index (χ1n) is 9.69. The molecule has 9 nitrogen and oxygen atoms in total. The summed E-state index contributed by atoms with van der Waals surface area (Å²) in [6, 6.07) is 8.76. The van der Waals surface area contributed by atoms with Crippen LogP contribution in [0.2, 0.25) is 0 Å². The molecule has 158 valence electrons. The van der Waals surface area contributed by atoms with Crippen LogP contribution in [0.1, 0.15) is 18.2 Å². The average molecular weight is 421 g/mol. The molecule has 1 aromatic heterocycles. The molecule has 2 N–H and O–H groups in total. The van der Waals surface area contributed by atoms with Crippen molar-refractivity contribution in [3.05, 3.63) is 47.9 Å². The van der Waals surface area contributed by atoms with E-state index in [0.29, 0.717) is 6.54 Å². The molecule has 0 saturated carbocycles. The minimum absolute atomic E-state index is 0.249. The molecule has 0 radical (unpaired) electrons. The Kier molecular flexibility index (Phi) is 7.24. The lowest BCUT2D eigenvalue weighted by Gasteiger charge is -2.36. The first-order valence-corrected chi connectivity index (χ1v) is 11.2. The van der Waals surface area contributed by atoms with E-state index in [9.17, 15) is 8.42 Å². The molecule has 0 bridgehead atoms. The van der Waals surface area contributed by atoms with E-state index in [1.807, 2.05) is 19.1 Å². The number of hydrogen-bond donors (Lipinski definition) is 2. The van der Waals surface area contributed by atoms with Gasteiger partial charge in [0.25, 0.3) is 0 Å². The van der Waals surface area contributed by atoms with Gasteiger partial charge in [0, 0.05) is 45.3 Å². The summed E-state index contributed by atoms with van der Waals surface area (Å²) in [4.78, 5) is 9.55. The SMILES string of the molecule is CCNC(=NCc1cccc(S(=O)(=O)NC)c1)N1CCN(Cc2ccon2)CC1. The number of hydrogen-bond acceptors (Lipinski definition) is 6. The maximum absolute atomic E-state index is 12.0. The van der Waals surface area contributed by atoms with Crippen molar-refractivity contribution in [2.45, 2.75) is 24.9 Å². The Labute approximate surface area is 171 Å². The fourth-order valence-electron chi connectivity index (χ4n) is 3.19. The maximum atomic E-state index is 12.0. The molecule has 2 heterocycles. The van der Waals surface area contributed by atoms with Crippen molar-refractivity contribution >= 4 is 16.0 Å². The molecule has 0 amide bonds. The molecule has 1 aromatic carbocycles. The largest absolute Gasteiger partial charge is 0.364 e. The Morgan fingerprint density at radius 3 is 2.69 bits per heavy atom. The van der Waals surface area contributed by atoms with Gasteiger partial charge in [0.05, 0.1) is 17.1 Å². The summed E-state index contributed by atoms with van der Waals surface area (Å²) < 4.78 is 31.2. The van der Waals surface area contributed by atoms with Gasteiger partial charge >= 0.3 is 0 Å². The second-order valence-corrected chi connectivity index (χ2v) is 8.67. The molecular formula is C19H28N6O3S. The highest BCUT2D eigenvalue weighted by molar-refractivity contribution is 7.89. The summed E-state index contributed by atoms with van der Waals surface area (Å²) in [5.41, 5.74) is 1.79. The van der Waals surface area contributed by atoms with E-state index in [2.05, 4.69) is 25.0 Å². The number of nitrogens with zero attached hydrogens (tertiary/aromatic N) is 4. The van der Waals surface area contributed by atoms with E-state index in [1.54, 1.807) is 24.5 Å². The van der Waals surface area contributed by atoms with Gasteiger partial charge in [-0.3, -0.25) is 4.90 Å². The van der Waals surface area contributed by atoms with Crippen molar-refractivity contribution < 1.29 is 12.9 Å². The van der Waals surface area contributed by atoms with Gasteiger partial charge in [0.1, 0.15) is 6.26 Å². The van der Waals surface area contributed by atoms with Crippen molar-refractivity contribution in [2.75, 3.05) is 39.8 Å².